The minimum atomic E-state index is -0.664. The molecule has 0 fully saturated rings. The predicted molar refractivity (Wildman–Crippen MR) is 68.6 cm³/mol. The number of nitrogens with zero attached hydrogens (tertiary/aromatic N) is 3. The molecule has 4 heteroatoms. The minimum absolute atomic E-state index is 0.479. The molecule has 1 N–H and O–H groups in total. The Morgan fingerprint density at radius 2 is 1.76 bits per heavy atom. The second-order valence-electron chi connectivity index (χ2n) is 5.90. The summed E-state index contributed by atoms with van der Waals surface area (Å²) in [6.45, 7) is 8.56. The van der Waals surface area contributed by atoms with E-state index in [4.69, 9.17) is 0 Å². The normalized spacial score (nSPS) is 12.7. The van der Waals surface area contributed by atoms with E-state index in [0.717, 1.165) is 18.7 Å². The zero-order valence-electron chi connectivity index (χ0n) is 11.6. The van der Waals surface area contributed by atoms with Gasteiger partial charge in [-0.1, -0.05) is 27.7 Å². The molecule has 0 saturated carbocycles. The molecule has 0 aliphatic rings. The van der Waals surface area contributed by atoms with Crippen molar-refractivity contribution in [3.8, 4) is 0 Å². The first-order valence-electron chi connectivity index (χ1n) is 6.37. The maximum atomic E-state index is 10.8. The van der Waals surface area contributed by atoms with Gasteiger partial charge in [0.25, 0.3) is 0 Å². The van der Waals surface area contributed by atoms with E-state index in [1.165, 1.54) is 0 Å². The monoisotopic (exact) mass is 239 g/mol. The summed E-state index contributed by atoms with van der Waals surface area (Å²) in [5.74, 6) is 1.81. The Balaban J connectivity index is 2.79. The average molecular weight is 239 g/mol. The van der Waals surface area contributed by atoms with E-state index in [1.807, 2.05) is 7.05 Å². The lowest BCUT2D eigenvalue weighted by atomic mass is 9.82. The van der Waals surface area contributed by atoms with Gasteiger partial charge in [0.2, 0.25) is 0 Å². The average Bonchev–Trinajstić information content (AvgIpc) is 2.47. The summed E-state index contributed by atoms with van der Waals surface area (Å²) in [5.41, 5.74) is -0.664. The van der Waals surface area contributed by atoms with E-state index in [1.54, 1.807) is 11.0 Å². The van der Waals surface area contributed by atoms with E-state index >= 15 is 0 Å². The minimum Gasteiger partial charge on any atom is -0.389 e. The quantitative estimate of drug-likeness (QED) is 0.828. The summed E-state index contributed by atoms with van der Waals surface area (Å²) < 4.78 is 1.74. The van der Waals surface area contributed by atoms with Gasteiger partial charge in [0.05, 0.1) is 5.60 Å². The van der Waals surface area contributed by atoms with Crippen molar-refractivity contribution < 1.29 is 5.11 Å². The van der Waals surface area contributed by atoms with Crippen molar-refractivity contribution in [3.63, 3.8) is 0 Å². The molecule has 0 bridgehead atoms. The van der Waals surface area contributed by atoms with Crippen LogP contribution in [0.5, 0.6) is 0 Å². The topological polar surface area (TPSA) is 50.9 Å². The van der Waals surface area contributed by atoms with Gasteiger partial charge in [-0.3, -0.25) is 4.68 Å². The number of hydrogen-bond donors (Lipinski definition) is 1. The summed E-state index contributed by atoms with van der Waals surface area (Å²) in [7, 11) is 1.87. The molecule has 0 unspecified atom stereocenters. The third kappa shape index (κ3) is 4.46. The van der Waals surface area contributed by atoms with Gasteiger partial charge >= 0.3 is 0 Å². The molecule has 0 aromatic carbocycles. The third-order valence-electron chi connectivity index (χ3n) is 2.87. The Morgan fingerprint density at radius 1 is 1.24 bits per heavy atom. The van der Waals surface area contributed by atoms with Gasteiger partial charge in [-0.2, -0.15) is 5.10 Å². The highest BCUT2D eigenvalue weighted by Crippen LogP contribution is 2.27. The molecular formula is C13H25N3O. The van der Waals surface area contributed by atoms with Crippen LogP contribution in [0, 0.1) is 11.8 Å². The summed E-state index contributed by atoms with van der Waals surface area (Å²) >= 11 is 0. The lowest BCUT2D eigenvalue weighted by Gasteiger charge is -2.31. The van der Waals surface area contributed by atoms with Crippen LogP contribution in [0.25, 0.3) is 0 Å². The zero-order chi connectivity index (χ0) is 13.1. The second-order valence-corrected chi connectivity index (χ2v) is 5.90. The van der Waals surface area contributed by atoms with Gasteiger partial charge in [-0.15, -0.1) is 0 Å². The Hall–Kier alpha value is -0.900. The molecule has 1 aromatic heterocycles. The molecule has 0 amide bonds. The number of rotatable bonds is 6. The fraction of sp³-hybridized carbons (Fsp3) is 0.846. The van der Waals surface area contributed by atoms with Gasteiger partial charge < -0.3 is 5.11 Å². The highest BCUT2D eigenvalue weighted by molar-refractivity contribution is 4.95. The van der Waals surface area contributed by atoms with Crippen LogP contribution in [0.1, 0.15) is 46.4 Å². The molecule has 0 aliphatic heterocycles. The van der Waals surface area contributed by atoms with Crippen LogP contribution in [0.3, 0.4) is 0 Å². The predicted octanol–water partition coefficient (Wildman–Crippen LogP) is 2.18. The lowest BCUT2D eigenvalue weighted by Crippen LogP contribution is -2.36. The Labute approximate surface area is 104 Å². The zero-order valence-corrected chi connectivity index (χ0v) is 11.6. The molecule has 0 radical (unpaired) electrons. The summed E-state index contributed by atoms with van der Waals surface area (Å²) in [6.07, 6.45) is 3.73. The Kier molecular flexibility index (Phi) is 4.69. The maximum absolute atomic E-state index is 10.8. The Morgan fingerprint density at radius 3 is 2.12 bits per heavy atom. The van der Waals surface area contributed by atoms with E-state index < -0.39 is 5.60 Å². The van der Waals surface area contributed by atoms with Crippen LogP contribution >= 0.6 is 0 Å². The first-order valence-corrected chi connectivity index (χ1v) is 6.37. The molecule has 0 aliphatic carbocycles. The maximum Gasteiger partial charge on any atom is 0.138 e. The van der Waals surface area contributed by atoms with Crippen LogP contribution in [0.4, 0.5) is 0 Å². The number of hydrogen-bond acceptors (Lipinski definition) is 3. The molecule has 1 rings (SSSR count). The van der Waals surface area contributed by atoms with Crippen molar-refractivity contribution in [2.75, 3.05) is 0 Å². The molecular weight excluding hydrogens is 214 g/mol. The molecule has 17 heavy (non-hydrogen) atoms. The standard InChI is InChI=1S/C13H25N3O/c1-10(2)6-13(17,7-11(3)4)8-12-14-9-15-16(12)5/h9-11,17H,6-8H2,1-5H3. The van der Waals surface area contributed by atoms with Crippen molar-refractivity contribution in [1.82, 2.24) is 14.8 Å². The van der Waals surface area contributed by atoms with Gasteiger partial charge in [-0.05, 0) is 24.7 Å². The highest BCUT2D eigenvalue weighted by atomic mass is 16.3. The highest BCUT2D eigenvalue weighted by Gasteiger charge is 2.30. The van der Waals surface area contributed by atoms with E-state index in [0.29, 0.717) is 18.3 Å². The molecule has 0 spiro atoms. The van der Waals surface area contributed by atoms with Crippen LogP contribution in [-0.2, 0) is 13.5 Å². The second kappa shape index (κ2) is 5.63. The van der Waals surface area contributed by atoms with Gasteiger partial charge in [0, 0.05) is 13.5 Å². The smallest absolute Gasteiger partial charge is 0.138 e. The van der Waals surface area contributed by atoms with Gasteiger partial charge in [-0.25, -0.2) is 4.98 Å². The molecule has 1 aromatic rings. The lowest BCUT2D eigenvalue weighted by molar-refractivity contribution is -0.00163. The van der Waals surface area contributed by atoms with E-state index in [2.05, 4.69) is 37.8 Å². The van der Waals surface area contributed by atoms with Gasteiger partial charge in [0.1, 0.15) is 12.2 Å². The molecule has 4 nitrogen and oxygen atoms in total. The van der Waals surface area contributed by atoms with Crippen LogP contribution in [0.15, 0.2) is 6.33 Å². The first-order chi connectivity index (χ1) is 7.82. The van der Waals surface area contributed by atoms with Crippen molar-refractivity contribution >= 4 is 0 Å². The van der Waals surface area contributed by atoms with E-state index in [9.17, 15) is 5.11 Å². The van der Waals surface area contributed by atoms with Crippen LogP contribution in [-0.4, -0.2) is 25.5 Å². The Bertz CT molecular complexity index is 334. The van der Waals surface area contributed by atoms with Crippen molar-refractivity contribution in [1.29, 1.82) is 0 Å². The number of aliphatic hydroxyl groups is 1. The number of aryl methyl sites for hydroxylation is 1. The fourth-order valence-corrected chi connectivity index (χ4v) is 2.52. The molecule has 98 valence electrons. The van der Waals surface area contributed by atoms with Crippen molar-refractivity contribution in [2.45, 2.75) is 52.6 Å². The largest absolute Gasteiger partial charge is 0.389 e. The first kappa shape index (κ1) is 14.2. The summed E-state index contributed by atoms with van der Waals surface area (Å²) in [6, 6.07) is 0. The molecule has 1 heterocycles. The number of aromatic nitrogens is 3. The molecule has 0 atom stereocenters. The van der Waals surface area contributed by atoms with Crippen LogP contribution < -0.4 is 0 Å². The molecule has 0 saturated heterocycles. The van der Waals surface area contributed by atoms with Crippen molar-refractivity contribution in [3.05, 3.63) is 12.2 Å². The fourth-order valence-electron chi connectivity index (χ4n) is 2.52. The summed E-state index contributed by atoms with van der Waals surface area (Å²) in [4.78, 5) is 4.21. The SMILES string of the molecule is CC(C)CC(O)(Cc1ncnn1C)CC(C)C. The van der Waals surface area contributed by atoms with Crippen molar-refractivity contribution in [2.24, 2.45) is 18.9 Å². The summed E-state index contributed by atoms with van der Waals surface area (Å²) in [5, 5.41) is 14.8. The van der Waals surface area contributed by atoms with E-state index in [-0.39, 0.29) is 0 Å². The van der Waals surface area contributed by atoms with Crippen LogP contribution in [0.2, 0.25) is 0 Å². The van der Waals surface area contributed by atoms with Gasteiger partial charge in [0.15, 0.2) is 0 Å². The third-order valence-corrected chi connectivity index (χ3v) is 2.87.